The van der Waals surface area contributed by atoms with E-state index in [0.717, 1.165) is 0 Å². The number of carbonyl (C=O) groups excluding carboxylic acids is 1. The average Bonchev–Trinajstić information content (AvgIpc) is 2.26. The van der Waals surface area contributed by atoms with Crippen molar-refractivity contribution in [3.8, 4) is 5.88 Å². The predicted molar refractivity (Wildman–Crippen MR) is 50.0 cm³/mol. The Labute approximate surface area is 81.4 Å². The van der Waals surface area contributed by atoms with Gasteiger partial charge in [0.05, 0.1) is 20.4 Å². The number of esters is 1. The Kier molecular flexibility index (Phi) is 3.17. The maximum absolute atomic E-state index is 11.1. The van der Waals surface area contributed by atoms with Crippen molar-refractivity contribution in [2.75, 3.05) is 14.2 Å². The molecule has 0 amide bonds. The minimum absolute atomic E-state index is 0.106. The highest BCUT2D eigenvalue weighted by Gasteiger charge is 2.11. The fourth-order valence-electron chi connectivity index (χ4n) is 0.875. The lowest BCUT2D eigenvalue weighted by Crippen LogP contribution is -2.07. The maximum atomic E-state index is 11.1. The Morgan fingerprint density at radius 1 is 1.57 bits per heavy atom. The molecular weight excluding hydrogens is 184 g/mol. The van der Waals surface area contributed by atoms with Crippen molar-refractivity contribution in [1.29, 1.82) is 0 Å². The van der Waals surface area contributed by atoms with Gasteiger partial charge in [-0.2, -0.15) is 0 Å². The van der Waals surface area contributed by atoms with Crippen LogP contribution in [0.25, 0.3) is 6.08 Å². The van der Waals surface area contributed by atoms with E-state index in [2.05, 4.69) is 21.3 Å². The topological polar surface area (TPSA) is 61.3 Å². The van der Waals surface area contributed by atoms with Crippen LogP contribution in [-0.4, -0.2) is 30.2 Å². The summed E-state index contributed by atoms with van der Waals surface area (Å²) in [5.41, 5.74) is 0.593. The molecule has 0 spiro atoms. The first-order valence-corrected chi connectivity index (χ1v) is 3.84. The van der Waals surface area contributed by atoms with Crippen LogP contribution in [0.3, 0.4) is 0 Å². The summed E-state index contributed by atoms with van der Waals surface area (Å²) in [6.45, 7) is 3.54. The third kappa shape index (κ3) is 1.87. The van der Waals surface area contributed by atoms with Crippen LogP contribution >= 0.6 is 0 Å². The second kappa shape index (κ2) is 4.36. The van der Waals surface area contributed by atoms with Gasteiger partial charge in [0, 0.05) is 0 Å². The molecule has 1 heterocycles. The van der Waals surface area contributed by atoms with Crippen molar-refractivity contribution in [2.24, 2.45) is 0 Å². The highest BCUT2D eigenvalue weighted by atomic mass is 16.5. The van der Waals surface area contributed by atoms with E-state index in [0.29, 0.717) is 5.69 Å². The van der Waals surface area contributed by atoms with Gasteiger partial charge >= 0.3 is 5.97 Å². The molecule has 1 aromatic rings. The lowest BCUT2D eigenvalue weighted by atomic mass is 10.4. The summed E-state index contributed by atoms with van der Waals surface area (Å²) in [6.07, 6.45) is 2.80. The van der Waals surface area contributed by atoms with Gasteiger partial charge in [0.2, 0.25) is 5.88 Å². The van der Waals surface area contributed by atoms with E-state index >= 15 is 0 Å². The molecule has 0 aliphatic carbocycles. The minimum atomic E-state index is -0.550. The van der Waals surface area contributed by atoms with Gasteiger partial charge in [0.1, 0.15) is 5.69 Å². The van der Waals surface area contributed by atoms with Crippen LogP contribution in [0.4, 0.5) is 0 Å². The zero-order valence-electron chi connectivity index (χ0n) is 7.98. The number of aromatic nitrogens is 2. The second-order valence-electron chi connectivity index (χ2n) is 2.35. The number of carbonyl (C=O) groups is 1. The van der Waals surface area contributed by atoms with Crippen molar-refractivity contribution in [3.63, 3.8) is 0 Å². The van der Waals surface area contributed by atoms with E-state index in [4.69, 9.17) is 4.74 Å². The van der Waals surface area contributed by atoms with Gasteiger partial charge < -0.3 is 9.47 Å². The van der Waals surface area contributed by atoms with Gasteiger partial charge in [-0.25, -0.2) is 14.8 Å². The molecule has 0 radical (unpaired) electrons. The Morgan fingerprint density at radius 3 is 2.79 bits per heavy atom. The number of methoxy groups -OCH3 is 2. The molecule has 5 nitrogen and oxygen atoms in total. The van der Waals surface area contributed by atoms with Gasteiger partial charge in [0.25, 0.3) is 0 Å². The Bertz CT molecular complexity index is 363. The smallest absolute Gasteiger partial charge is 0.358 e. The van der Waals surface area contributed by atoms with Crippen LogP contribution in [-0.2, 0) is 4.74 Å². The summed E-state index contributed by atoms with van der Waals surface area (Å²) in [7, 11) is 2.72. The molecule has 1 aromatic heterocycles. The highest BCUT2D eigenvalue weighted by molar-refractivity contribution is 5.87. The molecule has 0 aliphatic rings. The lowest BCUT2D eigenvalue weighted by molar-refractivity contribution is 0.0592. The van der Waals surface area contributed by atoms with Crippen LogP contribution < -0.4 is 4.74 Å². The predicted octanol–water partition coefficient (Wildman–Crippen LogP) is 0.915. The van der Waals surface area contributed by atoms with E-state index in [9.17, 15) is 4.79 Å². The zero-order chi connectivity index (χ0) is 10.6. The van der Waals surface area contributed by atoms with E-state index in [1.54, 1.807) is 0 Å². The fourth-order valence-corrected chi connectivity index (χ4v) is 0.875. The van der Waals surface area contributed by atoms with Crippen molar-refractivity contribution in [3.05, 3.63) is 24.2 Å². The number of nitrogens with zero attached hydrogens (tertiary/aromatic N) is 2. The summed E-state index contributed by atoms with van der Waals surface area (Å²) in [6, 6.07) is 0. The molecular formula is C9H10N2O3. The van der Waals surface area contributed by atoms with E-state index in [1.165, 1.54) is 26.5 Å². The third-order valence-electron chi connectivity index (χ3n) is 1.55. The van der Waals surface area contributed by atoms with Gasteiger partial charge in [-0.05, 0) is 6.08 Å². The highest BCUT2D eigenvalue weighted by Crippen LogP contribution is 2.13. The van der Waals surface area contributed by atoms with Crippen molar-refractivity contribution in [2.45, 2.75) is 0 Å². The molecule has 0 aliphatic heterocycles. The fraction of sp³-hybridized carbons (Fsp3) is 0.222. The summed E-state index contributed by atoms with van der Waals surface area (Å²) >= 11 is 0. The van der Waals surface area contributed by atoms with Crippen molar-refractivity contribution in [1.82, 2.24) is 9.97 Å². The molecule has 0 saturated carbocycles. The van der Waals surface area contributed by atoms with Gasteiger partial charge in [0.15, 0.2) is 5.69 Å². The Balaban J connectivity index is 3.13. The Hall–Kier alpha value is -1.91. The van der Waals surface area contributed by atoms with Gasteiger partial charge in [-0.15, -0.1) is 0 Å². The lowest BCUT2D eigenvalue weighted by Gasteiger charge is -2.04. The second-order valence-corrected chi connectivity index (χ2v) is 2.35. The quantitative estimate of drug-likeness (QED) is 0.669. The zero-order valence-corrected chi connectivity index (χ0v) is 7.98. The number of ether oxygens (including phenoxy) is 2. The largest absolute Gasteiger partial charge is 0.479 e. The third-order valence-corrected chi connectivity index (χ3v) is 1.55. The summed E-state index contributed by atoms with van der Waals surface area (Å²) in [5.74, 6) is -0.297. The molecule has 5 heteroatoms. The molecule has 0 N–H and O–H groups in total. The Morgan fingerprint density at radius 2 is 2.29 bits per heavy atom. The van der Waals surface area contributed by atoms with Crippen LogP contribution in [0.2, 0.25) is 0 Å². The summed E-state index contributed by atoms with van der Waals surface area (Å²) < 4.78 is 9.41. The molecule has 0 fully saturated rings. The van der Waals surface area contributed by atoms with Crippen LogP contribution in [0.15, 0.2) is 12.8 Å². The standard InChI is InChI=1S/C9H10N2O3/c1-4-6-8(13-2)11-7(5-10-6)9(12)14-3/h4-5H,1H2,2-3H3. The van der Waals surface area contributed by atoms with Gasteiger partial charge in [-0.3, -0.25) is 0 Å². The van der Waals surface area contributed by atoms with Crippen molar-refractivity contribution < 1.29 is 14.3 Å². The van der Waals surface area contributed by atoms with Crippen molar-refractivity contribution >= 4 is 12.0 Å². The average molecular weight is 194 g/mol. The molecule has 74 valence electrons. The van der Waals surface area contributed by atoms with E-state index < -0.39 is 5.97 Å². The van der Waals surface area contributed by atoms with Crippen LogP contribution in [0.5, 0.6) is 5.88 Å². The summed E-state index contributed by atoms with van der Waals surface area (Å²) in [4.78, 5) is 18.9. The van der Waals surface area contributed by atoms with Crippen LogP contribution in [0, 0.1) is 0 Å². The molecule has 0 atom stereocenters. The van der Waals surface area contributed by atoms with Gasteiger partial charge in [-0.1, -0.05) is 6.58 Å². The normalized spacial score (nSPS) is 9.29. The summed E-state index contributed by atoms with van der Waals surface area (Å²) in [5, 5.41) is 0. The molecule has 14 heavy (non-hydrogen) atoms. The number of hydrogen-bond donors (Lipinski definition) is 0. The van der Waals surface area contributed by atoms with Crippen LogP contribution in [0.1, 0.15) is 16.2 Å². The monoisotopic (exact) mass is 194 g/mol. The first kappa shape index (κ1) is 10.2. The first-order valence-electron chi connectivity index (χ1n) is 3.84. The maximum Gasteiger partial charge on any atom is 0.358 e. The molecule has 1 rings (SSSR count). The number of rotatable bonds is 3. The number of hydrogen-bond acceptors (Lipinski definition) is 5. The first-order chi connectivity index (χ1) is 6.72. The SMILES string of the molecule is C=Cc1ncc(C(=O)OC)nc1OC. The molecule has 0 saturated heterocycles. The van der Waals surface area contributed by atoms with E-state index in [-0.39, 0.29) is 11.6 Å². The molecule has 0 bridgehead atoms. The molecule has 0 aromatic carbocycles. The van der Waals surface area contributed by atoms with E-state index in [1.807, 2.05) is 0 Å². The minimum Gasteiger partial charge on any atom is -0.479 e. The molecule has 0 unspecified atom stereocenters.